The van der Waals surface area contributed by atoms with Gasteiger partial charge in [0.05, 0.1) is 0 Å². The van der Waals surface area contributed by atoms with Gasteiger partial charge in [-0.25, -0.2) is 4.39 Å². The van der Waals surface area contributed by atoms with Gasteiger partial charge in [0.1, 0.15) is 18.0 Å². The number of allylic oxidation sites excluding steroid dienone is 2. The Morgan fingerprint density at radius 1 is 1.64 bits per heavy atom. The monoisotopic (exact) mass is 155 g/mol. The average Bonchev–Trinajstić information content (AvgIpc) is 1.85. The van der Waals surface area contributed by atoms with Crippen LogP contribution in [0.25, 0.3) is 0 Å². The van der Waals surface area contributed by atoms with E-state index in [4.69, 9.17) is 4.74 Å². The van der Waals surface area contributed by atoms with E-state index in [1.54, 1.807) is 6.08 Å². The first kappa shape index (κ1) is 8.31. The van der Waals surface area contributed by atoms with Crippen molar-refractivity contribution in [3.8, 4) is 0 Å². The predicted molar refractivity (Wildman–Crippen MR) is 43.0 cm³/mol. The summed E-state index contributed by atoms with van der Waals surface area (Å²) >= 11 is 0. The summed E-state index contributed by atoms with van der Waals surface area (Å²) in [5.74, 6) is 0.629. The Bertz CT molecular complexity index is 168. The minimum absolute atomic E-state index is 0.0636. The van der Waals surface area contributed by atoms with Gasteiger partial charge in [0.15, 0.2) is 0 Å². The molecule has 0 bridgehead atoms. The van der Waals surface area contributed by atoms with Gasteiger partial charge in [0, 0.05) is 12.8 Å². The van der Waals surface area contributed by atoms with Crippen molar-refractivity contribution >= 4 is 0 Å². The van der Waals surface area contributed by atoms with Crippen LogP contribution >= 0.6 is 0 Å². The molecule has 1 nitrogen and oxygen atoms in total. The summed E-state index contributed by atoms with van der Waals surface area (Å²) in [5.41, 5.74) is 0. The van der Waals surface area contributed by atoms with Crippen LogP contribution in [0.1, 0.15) is 19.8 Å². The molecular formula is C9H13FO. The van der Waals surface area contributed by atoms with E-state index in [1.807, 2.05) is 13.0 Å². The summed E-state index contributed by atoms with van der Waals surface area (Å²) in [4.78, 5) is 0. The molecule has 0 spiro atoms. The predicted octanol–water partition coefficient (Wildman–Crippen LogP) is 2.59. The Labute approximate surface area is 66.6 Å². The van der Waals surface area contributed by atoms with Gasteiger partial charge in [-0.15, -0.1) is 0 Å². The van der Waals surface area contributed by atoms with E-state index >= 15 is 0 Å². The second-order valence-corrected chi connectivity index (χ2v) is 2.77. The Morgan fingerprint density at radius 2 is 2.27 bits per heavy atom. The Morgan fingerprint density at radius 3 is 2.73 bits per heavy atom. The number of alkyl halides is 1. The number of rotatable bonds is 3. The van der Waals surface area contributed by atoms with Crippen molar-refractivity contribution < 1.29 is 9.13 Å². The third kappa shape index (κ3) is 2.37. The van der Waals surface area contributed by atoms with Gasteiger partial charge in [-0.05, 0) is 13.0 Å². The van der Waals surface area contributed by atoms with Crippen molar-refractivity contribution in [3.05, 3.63) is 24.5 Å². The Hall–Kier alpha value is -0.790. The van der Waals surface area contributed by atoms with E-state index in [-0.39, 0.29) is 6.10 Å². The Kier molecular flexibility index (Phi) is 2.69. The molecule has 0 aromatic carbocycles. The highest BCUT2D eigenvalue weighted by molar-refractivity contribution is 5.07. The molecule has 1 aliphatic rings. The van der Waals surface area contributed by atoms with Crippen LogP contribution in [0.3, 0.4) is 0 Å². The summed E-state index contributed by atoms with van der Waals surface area (Å²) < 4.78 is 17.6. The Balaban J connectivity index is 2.17. The number of hydrogen-bond acceptors (Lipinski definition) is 1. The summed E-state index contributed by atoms with van der Waals surface area (Å²) in [6, 6.07) is 0. The summed E-state index contributed by atoms with van der Waals surface area (Å²) in [6.45, 7) is 5.56. The first-order chi connectivity index (χ1) is 5.22. The molecule has 1 rings (SSSR count). The van der Waals surface area contributed by atoms with Crippen LogP contribution in [0.5, 0.6) is 0 Å². The van der Waals surface area contributed by atoms with Crippen molar-refractivity contribution in [2.45, 2.75) is 32.0 Å². The molecule has 62 valence electrons. The molecule has 0 saturated heterocycles. The van der Waals surface area contributed by atoms with Crippen molar-refractivity contribution in [2.75, 3.05) is 0 Å². The van der Waals surface area contributed by atoms with Crippen molar-refractivity contribution in [3.63, 3.8) is 0 Å². The molecular weight excluding hydrogens is 142 g/mol. The van der Waals surface area contributed by atoms with E-state index in [1.165, 1.54) is 0 Å². The van der Waals surface area contributed by atoms with Gasteiger partial charge in [-0.2, -0.15) is 0 Å². The summed E-state index contributed by atoms with van der Waals surface area (Å²) in [6.07, 6.45) is 4.10. The van der Waals surface area contributed by atoms with Crippen molar-refractivity contribution in [1.29, 1.82) is 0 Å². The van der Waals surface area contributed by atoms with Crippen molar-refractivity contribution in [2.24, 2.45) is 0 Å². The zero-order chi connectivity index (χ0) is 8.27. The van der Waals surface area contributed by atoms with Gasteiger partial charge >= 0.3 is 0 Å². The van der Waals surface area contributed by atoms with Gasteiger partial charge < -0.3 is 4.74 Å². The lowest BCUT2D eigenvalue weighted by Gasteiger charge is -2.30. The van der Waals surface area contributed by atoms with Crippen molar-refractivity contribution in [1.82, 2.24) is 0 Å². The third-order valence-corrected chi connectivity index (χ3v) is 1.71. The molecule has 0 radical (unpaired) electrons. The molecule has 0 aromatic heterocycles. The van der Waals surface area contributed by atoms with Gasteiger partial charge in [0.25, 0.3) is 0 Å². The molecule has 11 heavy (non-hydrogen) atoms. The van der Waals surface area contributed by atoms with E-state index in [0.717, 1.165) is 0 Å². The highest BCUT2D eigenvalue weighted by atomic mass is 18.2. The van der Waals surface area contributed by atoms with Crippen LogP contribution in [0.2, 0.25) is 0 Å². The first-order valence-electron chi connectivity index (χ1n) is 3.84. The highest BCUT2D eigenvalue weighted by Crippen LogP contribution is 2.27. The topological polar surface area (TPSA) is 9.23 Å². The number of hydrogen-bond donors (Lipinski definition) is 0. The fraction of sp³-hybridized carbons (Fsp3) is 0.556. The standard InChI is InChI=1S/C9H13FO/c1-3-4-7(2)11-9-5-8(10)6-9/h3-4,8-9H,2,5-6H2,1H3/b4-3-/i10-1. The molecule has 0 N–H and O–H groups in total. The van der Waals surface area contributed by atoms with Crippen LogP contribution in [-0.4, -0.2) is 12.3 Å². The molecule has 0 heterocycles. The fourth-order valence-electron chi connectivity index (χ4n) is 1.04. The van der Waals surface area contributed by atoms with E-state index in [0.29, 0.717) is 18.6 Å². The van der Waals surface area contributed by atoms with Crippen LogP contribution < -0.4 is 0 Å². The molecule has 0 amide bonds. The van der Waals surface area contributed by atoms with Gasteiger partial charge in [-0.3, -0.25) is 0 Å². The minimum Gasteiger partial charge on any atom is -0.491 e. The maximum atomic E-state index is 12.3. The lowest BCUT2D eigenvalue weighted by Crippen LogP contribution is -2.31. The fourth-order valence-corrected chi connectivity index (χ4v) is 1.04. The molecule has 0 unspecified atom stereocenters. The molecule has 0 atom stereocenters. The maximum Gasteiger partial charge on any atom is 0.112 e. The van der Waals surface area contributed by atoms with Crippen LogP contribution in [0, 0.1) is 0 Å². The summed E-state index contributed by atoms with van der Waals surface area (Å²) in [7, 11) is 0. The minimum atomic E-state index is -0.654. The lowest BCUT2D eigenvalue weighted by molar-refractivity contribution is 0.000434. The highest BCUT2D eigenvalue weighted by Gasteiger charge is 2.30. The lowest BCUT2D eigenvalue weighted by atomic mass is 9.93. The smallest absolute Gasteiger partial charge is 0.112 e. The molecule has 1 fully saturated rings. The molecule has 0 aromatic rings. The molecule has 1 saturated carbocycles. The maximum absolute atomic E-state index is 12.3. The summed E-state index contributed by atoms with van der Waals surface area (Å²) in [5, 5.41) is 0. The number of ether oxygens (including phenoxy) is 1. The van der Waals surface area contributed by atoms with Gasteiger partial charge in [-0.1, -0.05) is 12.7 Å². The van der Waals surface area contributed by atoms with Crippen LogP contribution in [0.15, 0.2) is 24.5 Å². The van der Waals surface area contributed by atoms with E-state index in [2.05, 4.69) is 6.58 Å². The van der Waals surface area contributed by atoms with Crippen LogP contribution in [-0.2, 0) is 4.74 Å². The van der Waals surface area contributed by atoms with Crippen LogP contribution in [0.4, 0.5) is 4.39 Å². The third-order valence-electron chi connectivity index (χ3n) is 1.71. The van der Waals surface area contributed by atoms with E-state index in [9.17, 15) is 4.39 Å². The average molecular weight is 155 g/mol. The normalized spacial score (nSPS) is 30.0. The zero-order valence-corrected chi connectivity index (χ0v) is 6.72. The second-order valence-electron chi connectivity index (χ2n) is 2.77. The number of halogens is 1. The van der Waals surface area contributed by atoms with E-state index < -0.39 is 6.17 Å². The zero-order valence-electron chi connectivity index (χ0n) is 6.72. The molecule has 0 aliphatic heterocycles. The first-order valence-corrected chi connectivity index (χ1v) is 3.84. The molecule has 2 heteroatoms. The quantitative estimate of drug-likeness (QED) is 0.449. The largest absolute Gasteiger partial charge is 0.491 e. The SMILES string of the molecule is C=C(/C=C\C)OC1CC([18F])C1. The second kappa shape index (κ2) is 3.56. The van der Waals surface area contributed by atoms with Gasteiger partial charge in [0.2, 0.25) is 0 Å². The molecule has 1 aliphatic carbocycles.